The second-order valence-electron chi connectivity index (χ2n) is 6.49. The average molecular weight is 343 g/mol. The van der Waals surface area contributed by atoms with E-state index in [0.717, 1.165) is 30.5 Å². The lowest BCUT2D eigenvalue weighted by Crippen LogP contribution is -2.43. The van der Waals surface area contributed by atoms with Gasteiger partial charge >= 0.3 is 0 Å². The topological polar surface area (TPSA) is 81.1 Å². The lowest BCUT2D eigenvalue weighted by atomic mass is 9.82. The van der Waals surface area contributed by atoms with Crippen LogP contribution in [0.5, 0.6) is 0 Å². The summed E-state index contributed by atoms with van der Waals surface area (Å²) < 4.78 is 6.98. The molecule has 2 heterocycles. The van der Waals surface area contributed by atoms with Crippen LogP contribution in [0.15, 0.2) is 36.9 Å². The van der Waals surface area contributed by atoms with Crippen LogP contribution in [0.3, 0.4) is 0 Å². The van der Waals surface area contributed by atoms with Crippen LogP contribution in [0, 0.1) is 5.41 Å². The molecule has 1 aliphatic heterocycles. The van der Waals surface area contributed by atoms with E-state index in [2.05, 4.69) is 26.8 Å². The first-order chi connectivity index (χ1) is 12.2. The Morgan fingerprint density at radius 1 is 1.40 bits per heavy atom. The minimum atomic E-state index is -0.364. The molecule has 0 radical (unpaired) electrons. The van der Waals surface area contributed by atoms with Crippen LogP contribution in [0.1, 0.15) is 24.0 Å². The molecule has 2 aromatic rings. The van der Waals surface area contributed by atoms with Crippen LogP contribution >= 0.6 is 0 Å². The van der Waals surface area contributed by atoms with E-state index < -0.39 is 0 Å². The molecule has 1 aliphatic rings. The molecule has 2 N–H and O–H groups in total. The first-order valence-electron chi connectivity index (χ1n) is 8.61. The average Bonchev–Trinajstić information content (AvgIpc) is 3.31. The van der Waals surface area contributed by atoms with Crippen LogP contribution in [-0.2, 0) is 22.6 Å². The van der Waals surface area contributed by atoms with Gasteiger partial charge in [0, 0.05) is 26.8 Å². The number of ether oxygens (including phenoxy) is 1. The quantitative estimate of drug-likeness (QED) is 0.746. The first kappa shape index (κ1) is 17.6. The molecule has 1 saturated heterocycles. The van der Waals surface area contributed by atoms with Crippen molar-refractivity contribution in [3.63, 3.8) is 0 Å². The number of carbonyl (C=O) groups excluding carboxylic acids is 1. The normalized spacial score (nSPS) is 19.9. The molecule has 0 spiro atoms. The zero-order valence-corrected chi connectivity index (χ0v) is 14.6. The summed E-state index contributed by atoms with van der Waals surface area (Å²) >= 11 is 0. The molecular weight excluding hydrogens is 318 g/mol. The maximum atomic E-state index is 12.8. The molecule has 1 unspecified atom stereocenters. The second-order valence-corrected chi connectivity index (χ2v) is 6.49. The van der Waals surface area contributed by atoms with Gasteiger partial charge in [0.05, 0.1) is 12.0 Å². The highest BCUT2D eigenvalue weighted by Crippen LogP contribution is 2.30. The number of hydrogen-bond acceptors (Lipinski definition) is 5. The maximum absolute atomic E-state index is 12.8. The van der Waals surface area contributed by atoms with Crippen LogP contribution in [0.25, 0.3) is 0 Å². The van der Waals surface area contributed by atoms with Gasteiger partial charge in [-0.25, -0.2) is 9.67 Å². The predicted octanol–water partition coefficient (Wildman–Crippen LogP) is 0.959. The van der Waals surface area contributed by atoms with Crippen LogP contribution < -0.4 is 10.6 Å². The molecule has 1 aromatic carbocycles. The summed E-state index contributed by atoms with van der Waals surface area (Å²) in [5, 5.41) is 10.6. The van der Waals surface area contributed by atoms with Crippen LogP contribution in [0.2, 0.25) is 0 Å². The van der Waals surface area contributed by atoms with Gasteiger partial charge in [-0.2, -0.15) is 5.10 Å². The van der Waals surface area contributed by atoms with Crippen molar-refractivity contribution in [3.8, 4) is 0 Å². The van der Waals surface area contributed by atoms with E-state index in [1.807, 2.05) is 18.2 Å². The highest BCUT2D eigenvalue weighted by Gasteiger charge is 2.40. The summed E-state index contributed by atoms with van der Waals surface area (Å²) in [5.41, 5.74) is 1.86. The number of aromatic nitrogens is 3. The molecule has 0 saturated carbocycles. The van der Waals surface area contributed by atoms with Gasteiger partial charge < -0.3 is 15.4 Å². The van der Waals surface area contributed by atoms with E-state index in [4.69, 9.17) is 4.74 Å². The van der Waals surface area contributed by atoms with E-state index in [1.165, 1.54) is 6.33 Å². The number of amides is 1. The molecule has 25 heavy (non-hydrogen) atoms. The van der Waals surface area contributed by atoms with Gasteiger partial charge in [-0.05, 0) is 30.5 Å². The van der Waals surface area contributed by atoms with Crippen molar-refractivity contribution in [1.82, 2.24) is 25.4 Å². The molecular formula is C18H25N5O2. The van der Waals surface area contributed by atoms with E-state index in [9.17, 15) is 4.79 Å². The Morgan fingerprint density at radius 3 is 2.92 bits per heavy atom. The molecule has 7 heteroatoms. The fourth-order valence-electron chi connectivity index (χ4n) is 3.30. The van der Waals surface area contributed by atoms with Gasteiger partial charge in [-0.1, -0.05) is 24.3 Å². The lowest BCUT2D eigenvalue weighted by Gasteiger charge is -2.27. The number of rotatable bonds is 8. The molecule has 3 rings (SSSR count). The van der Waals surface area contributed by atoms with Crippen LogP contribution in [-0.4, -0.2) is 47.5 Å². The molecule has 1 atom stereocenters. The van der Waals surface area contributed by atoms with Crippen molar-refractivity contribution < 1.29 is 9.53 Å². The van der Waals surface area contributed by atoms with E-state index in [0.29, 0.717) is 26.2 Å². The number of hydrogen-bond donors (Lipinski definition) is 2. The van der Waals surface area contributed by atoms with Gasteiger partial charge in [0.1, 0.15) is 12.7 Å². The third kappa shape index (κ3) is 4.24. The molecule has 1 fully saturated rings. The third-order valence-electron chi connectivity index (χ3n) is 4.87. The van der Waals surface area contributed by atoms with Gasteiger partial charge in [-0.3, -0.25) is 4.79 Å². The highest BCUT2D eigenvalue weighted by molar-refractivity contribution is 5.83. The summed E-state index contributed by atoms with van der Waals surface area (Å²) in [5.74, 6) is 0.102. The highest BCUT2D eigenvalue weighted by atomic mass is 16.5. The second kappa shape index (κ2) is 8.22. The number of nitrogens with zero attached hydrogens (tertiary/aromatic N) is 3. The van der Waals surface area contributed by atoms with E-state index >= 15 is 0 Å². The Kier molecular flexibility index (Phi) is 5.78. The zero-order chi connectivity index (χ0) is 17.5. The van der Waals surface area contributed by atoms with E-state index in [-0.39, 0.29) is 11.3 Å². The number of nitrogens with one attached hydrogen (secondary N) is 2. The van der Waals surface area contributed by atoms with E-state index in [1.54, 1.807) is 18.1 Å². The summed E-state index contributed by atoms with van der Waals surface area (Å²) in [6, 6.07) is 8.09. The lowest BCUT2D eigenvalue weighted by molar-refractivity contribution is -0.131. The maximum Gasteiger partial charge on any atom is 0.227 e. The van der Waals surface area contributed by atoms with Gasteiger partial charge in [0.15, 0.2) is 0 Å². The Labute approximate surface area is 147 Å². The SMILES string of the molecule is COCCC1(C(=O)NCc2ccccc2Cn2cncn2)CCNC1. The molecule has 7 nitrogen and oxygen atoms in total. The number of carbonyl (C=O) groups is 1. The van der Waals surface area contributed by atoms with Crippen molar-refractivity contribution in [2.75, 3.05) is 26.8 Å². The predicted molar refractivity (Wildman–Crippen MR) is 93.8 cm³/mol. The van der Waals surface area contributed by atoms with Crippen molar-refractivity contribution in [1.29, 1.82) is 0 Å². The van der Waals surface area contributed by atoms with Gasteiger partial charge in [-0.15, -0.1) is 0 Å². The standard InChI is InChI=1S/C18H25N5O2/c1-25-9-7-18(6-8-19-12-18)17(24)21-10-15-4-2-3-5-16(15)11-23-14-20-13-22-23/h2-5,13-14,19H,6-12H2,1H3,(H,21,24). The number of benzene rings is 1. The largest absolute Gasteiger partial charge is 0.385 e. The molecule has 1 amide bonds. The summed E-state index contributed by atoms with van der Waals surface area (Å²) in [7, 11) is 1.67. The molecule has 1 aromatic heterocycles. The Morgan fingerprint density at radius 2 is 2.24 bits per heavy atom. The Bertz CT molecular complexity index is 681. The Hall–Kier alpha value is -2.25. The fraction of sp³-hybridized carbons (Fsp3) is 0.500. The summed E-state index contributed by atoms with van der Waals surface area (Å²) in [6.07, 6.45) is 4.81. The molecule has 134 valence electrons. The fourth-order valence-corrected chi connectivity index (χ4v) is 3.30. The van der Waals surface area contributed by atoms with Crippen molar-refractivity contribution in [2.24, 2.45) is 5.41 Å². The summed E-state index contributed by atoms with van der Waals surface area (Å²) in [6.45, 7) is 3.33. The number of methoxy groups -OCH3 is 1. The van der Waals surface area contributed by atoms with Gasteiger partial charge in [0.2, 0.25) is 5.91 Å². The van der Waals surface area contributed by atoms with Crippen molar-refractivity contribution in [2.45, 2.75) is 25.9 Å². The summed E-state index contributed by atoms with van der Waals surface area (Å²) in [4.78, 5) is 16.8. The van der Waals surface area contributed by atoms with Crippen molar-refractivity contribution >= 4 is 5.91 Å². The monoisotopic (exact) mass is 343 g/mol. The minimum Gasteiger partial charge on any atom is -0.385 e. The minimum absolute atomic E-state index is 0.102. The smallest absolute Gasteiger partial charge is 0.227 e. The first-order valence-corrected chi connectivity index (χ1v) is 8.61. The molecule has 0 bridgehead atoms. The third-order valence-corrected chi connectivity index (χ3v) is 4.87. The zero-order valence-electron chi connectivity index (χ0n) is 14.6. The van der Waals surface area contributed by atoms with Crippen molar-refractivity contribution in [3.05, 3.63) is 48.0 Å². The Balaban J connectivity index is 1.65. The van der Waals surface area contributed by atoms with Crippen LogP contribution in [0.4, 0.5) is 0 Å². The van der Waals surface area contributed by atoms with Gasteiger partial charge in [0.25, 0.3) is 0 Å². The molecule has 0 aliphatic carbocycles.